The number of aliphatic hydroxyl groups excluding tert-OH is 14. The summed E-state index contributed by atoms with van der Waals surface area (Å²) in [7, 11) is 0. The molecule has 4 heterocycles. The molecular weight excluding hydrogens is 1350 g/mol. The number of carboxylic acid groups (broad SMARTS) is 2. The van der Waals surface area contributed by atoms with Crippen molar-refractivity contribution in [2.24, 2.45) is 0 Å². The number of hydrogen-bond acceptors (Lipinski definition) is 27. The summed E-state index contributed by atoms with van der Waals surface area (Å²) in [6.07, 6.45) is -8.38. The molecule has 0 saturated carbocycles. The number of nitrogens with one attached hydrogen (secondary N) is 3. The van der Waals surface area contributed by atoms with Crippen molar-refractivity contribution in [2.45, 2.75) is 366 Å². The molecule has 19 N–H and O–H groups in total. The van der Waals surface area contributed by atoms with Crippen LogP contribution in [0.1, 0.15) is 220 Å². The van der Waals surface area contributed by atoms with Crippen molar-refractivity contribution in [3.8, 4) is 0 Å². The van der Waals surface area contributed by atoms with E-state index in [1.165, 1.54) is 109 Å². The molecule has 0 unspecified atom stereocenters. The first-order valence-corrected chi connectivity index (χ1v) is 37.2. The standard InChI is InChI=1S/C70H125N3O29/c1-5-7-9-11-13-15-17-19-20-22-24-26-28-30-32-34-52(84)73-44(45(80)33-31-29-27-25-23-21-18-16-14-12-10-8-6-2)41-95-65-59(89)58(88)61(51(40-77)97-65)98-66-60(90)64(56(86)49(38-75)96-66)102-70(68(93)94)36-47(82)54(72-43(4)79)63(101-70)57(87)50(39-76)99-69(67(91)92)35-46(81)53(71-42(3)78)62(100-69)55(85)48(83)37-74/h31,33,44-51,53-66,74-77,80-83,85-90H,5-30,32,34-41H2,1-4H3,(H,71,78)(H,72,79)(H,73,84)(H,91,92)(H,93,94)/b33-31+/t44-,45-,46+,47+,48+,49-,50-,51-,53-,54-,55+,56+,57-,58-,59-,60-,61-,62-,63-,64+,65-,66+,69-,70+/m1/s1. The van der Waals surface area contributed by atoms with Crippen molar-refractivity contribution >= 4 is 29.7 Å². The van der Waals surface area contributed by atoms with Crippen molar-refractivity contribution in [1.29, 1.82) is 0 Å². The van der Waals surface area contributed by atoms with Crippen molar-refractivity contribution < 1.29 is 144 Å². The van der Waals surface area contributed by atoms with E-state index in [-0.39, 0.29) is 12.3 Å². The van der Waals surface area contributed by atoms with E-state index in [0.717, 1.165) is 65.2 Å². The van der Waals surface area contributed by atoms with E-state index in [4.69, 9.17) is 37.9 Å². The summed E-state index contributed by atoms with van der Waals surface area (Å²) < 4.78 is 46.4. The van der Waals surface area contributed by atoms with Gasteiger partial charge in [0.25, 0.3) is 11.6 Å². The molecule has 32 nitrogen and oxygen atoms in total. The molecule has 32 heteroatoms. The van der Waals surface area contributed by atoms with Gasteiger partial charge in [-0.2, -0.15) is 0 Å². The Morgan fingerprint density at radius 3 is 1.44 bits per heavy atom. The monoisotopic (exact) mass is 1470 g/mol. The predicted octanol–water partition coefficient (Wildman–Crippen LogP) is 0.339. The fourth-order valence-electron chi connectivity index (χ4n) is 13.5. The number of carbonyl (C=O) groups excluding carboxylic acids is 3. The summed E-state index contributed by atoms with van der Waals surface area (Å²) in [5.74, 6) is -13.1. The molecule has 24 atom stereocenters. The van der Waals surface area contributed by atoms with Crippen molar-refractivity contribution in [2.75, 3.05) is 33.0 Å². The lowest BCUT2D eigenvalue weighted by molar-refractivity contribution is -0.388. The maximum atomic E-state index is 13.6. The predicted molar refractivity (Wildman–Crippen MR) is 363 cm³/mol. The maximum Gasteiger partial charge on any atom is 0.364 e. The quantitative estimate of drug-likeness (QED) is 0.0288. The second kappa shape index (κ2) is 47.8. The molecule has 4 fully saturated rings. The van der Waals surface area contributed by atoms with Crippen LogP contribution < -0.4 is 16.0 Å². The van der Waals surface area contributed by atoms with Crippen LogP contribution in [0.3, 0.4) is 0 Å². The fourth-order valence-corrected chi connectivity index (χ4v) is 13.5. The van der Waals surface area contributed by atoms with Crippen LogP contribution in [-0.2, 0) is 61.9 Å². The SMILES string of the molecule is CCCCCCCCCCCCC/C=C/[C@@H](O)[C@@H](CO[C@@H]1O[C@H](CO)[C@@H](O[C@@H]2O[C@H](CO)[C@H](O)[C@H](O[C@]3(C(=O)O)C[C@H](O)[C@@H](NC(C)=O)[C@H]([C@H](O)[C@@H](CO)O[C@]4(C(=O)O)C[C@H](O)[C@@H](NC(C)=O)[C@H]([C@@H](O)[C@@H](O)CO)O4)O3)[C@H]2O)[C@H](O)[C@H]1O)NC(=O)CCCCCCCCCCCCCCCCC. The molecule has 0 radical (unpaired) electrons. The lowest BCUT2D eigenvalue weighted by Gasteiger charge is -2.51. The Labute approximate surface area is 598 Å². The molecule has 4 rings (SSSR count). The Morgan fingerprint density at radius 2 is 0.980 bits per heavy atom. The van der Waals surface area contributed by atoms with Crippen LogP contribution in [0.25, 0.3) is 0 Å². The summed E-state index contributed by atoms with van der Waals surface area (Å²) in [6.45, 7) is 1.10. The van der Waals surface area contributed by atoms with Crippen LogP contribution in [0.5, 0.6) is 0 Å². The Kier molecular flexibility index (Phi) is 42.5. The van der Waals surface area contributed by atoms with Crippen LogP contribution in [0.4, 0.5) is 0 Å². The van der Waals surface area contributed by atoms with E-state index in [0.29, 0.717) is 12.8 Å². The van der Waals surface area contributed by atoms with E-state index < -0.39 is 216 Å². The summed E-state index contributed by atoms with van der Waals surface area (Å²) in [4.78, 5) is 64.9. The highest BCUT2D eigenvalue weighted by Gasteiger charge is 2.62. The van der Waals surface area contributed by atoms with E-state index in [2.05, 4.69) is 29.8 Å². The van der Waals surface area contributed by atoms with Gasteiger partial charge in [-0.3, -0.25) is 14.4 Å². The summed E-state index contributed by atoms with van der Waals surface area (Å²) in [5.41, 5.74) is 0. The molecule has 3 amide bonds. The maximum absolute atomic E-state index is 13.6. The van der Waals surface area contributed by atoms with Gasteiger partial charge in [0.2, 0.25) is 17.7 Å². The number of ether oxygens (including phenoxy) is 8. The van der Waals surface area contributed by atoms with Crippen LogP contribution in [-0.4, -0.2) is 290 Å². The highest BCUT2D eigenvalue weighted by atomic mass is 16.8. The normalized spacial score (nSPS) is 31.7. The number of hydrogen-bond donors (Lipinski definition) is 19. The molecule has 0 aromatic carbocycles. The van der Waals surface area contributed by atoms with Gasteiger partial charge < -0.3 is 136 Å². The number of carboxylic acids is 2. The number of carbonyl (C=O) groups is 5. The lowest BCUT2D eigenvalue weighted by atomic mass is 9.87. The third-order valence-corrected chi connectivity index (χ3v) is 19.5. The van der Waals surface area contributed by atoms with Gasteiger partial charge in [-0.05, 0) is 19.3 Å². The fraction of sp³-hybridized carbons (Fsp3) is 0.900. The third-order valence-electron chi connectivity index (χ3n) is 19.5. The zero-order valence-electron chi connectivity index (χ0n) is 60.1. The molecule has 0 aromatic rings. The topological polar surface area (TPSA) is 519 Å². The minimum absolute atomic E-state index is 0.155. The van der Waals surface area contributed by atoms with Crippen LogP contribution in [0.2, 0.25) is 0 Å². The Balaban J connectivity index is 1.50. The average Bonchev–Trinajstić information content (AvgIpc) is 0.761. The molecular formula is C70H125N3O29. The smallest absolute Gasteiger partial charge is 0.364 e. The first kappa shape index (κ1) is 90.6. The molecule has 0 spiro atoms. The summed E-state index contributed by atoms with van der Waals surface area (Å²) >= 11 is 0. The Bertz CT molecular complexity index is 2410. The number of unbranched alkanes of at least 4 members (excludes halogenated alkanes) is 25. The zero-order valence-corrected chi connectivity index (χ0v) is 60.1. The molecule has 594 valence electrons. The van der Waals surface area contributed by atoms with Gasteiger partial charge in [0.05, 0.1) is 69.5 Å². The molecule has 0 aromatic heterocycles. The van der Waals surface area contributed by atoms with Gasteiger partial charge >= 0.3 is 11.9 Å². The zero-order chi connectivity index (χ0) is 75.5. The van der Waals surface area contributed by atoms with Gasteiger partial charge in [-0.25, -0.2) is 9.59 Å². The van der Waals surface area contributed by atoms with E-state index in [1.807, 2.05) is 6.08 Å². The van der Waals surface area contributed by atoms with Gasteiger partial charge in [0.15, 0.2) is 12.6 Å². The molecule has 0 aliphatic carbocycles. The van der Waals surface area contributed by atoms with Crippen molar-refractivity contribution in [3.05, 3.63) is 12.2 Å². The molecule has 4 aliphatic heterocycles. The van der Waals surface area contributed by atoms with Crippen LogP contribution >= 0.6 is 0 Å². The number of aliphatic hydroxyl groups is 14. The third kappa shape index (κ3) is 28.4. The number of aliphatic carboxylic acids is 2. The number of amides is 3. The highest BCUT2D eigenvalue weighted by molar-refractivity contribution is 5.78. The largest absolute Gasteiger partial charge is 0.477 e. The van der Waals surface area contributed by atoms with E-state index in [9.17, 15) is 106 Å². The molecule has 4 aliphatic rings. The van der Waals surface area contributed by atoms with Gasteiger partial charge in [-0.1, -0.05) is 180 Å². The van der Waals surface area contributed by atoms with Crippen LogP contribution in [0.15, 0.2) is 12.2 Å². The molecule has 102 heavy (non-hydrogen) atoms. The van der Waals surface area contributed by atoms with Crippen molar-refractivity contribution in [1.82, 2.24) is 16.0 Å². The Hall–Kier alpha value is -3.79. The summed E-state index contributed by atoms with van der Waals surface area (Å²) in [6, 6.07) is -4.73. The molecule has 0 bridgehead atoms. The average molecular weight is 1470 g/mol. The van der Waals surface area contributed by atoms with Gasteiger partial charge in [0, 0.05) is 33.1 Å². The highest BCUT2D eigenvalue weighted by Crippen LogP contribution is 2.41. The van der Waals surface area contributed by atoms with Crippen LogP contribution in [0, 0.1) is 0 Å². The Morgan fingerprint density at radius 1 is 0.529 bits per heavy atom. The second-order valence-electron chi connectivity index (χ2n) is 27.9. The van der Waals surface area contributed by atoms with E-state index >= 15 is 0 Å². The first-order chi connectivity index (χ1) is 48.7. The number of allylic oxidation sites excluding steroid dienone is 1. The number of rotatable bonds is 52. The summed E-state index contributed by atoms with van der Waals surface area (Å²) in [5, 5.41) is 185. The lowest BCUT2D eigenvalue weighted by Crippen LogP contribution is -2.72. The minimum atomic E-state index is -3.39. The van der Waals surface area contributed by atoms with E-state index in [1.54, 1.807) is 6.08 Å². The van der Waals surface area contributed by atoms with Crippen molar-refractivity contribution in [3.63, 3.8) is 0 Å². The van der Waals surface area contributed by atoms with Gasteiger partial charge in [-0.15, -0.1) is 0 Å². The van der Waals surface area contributed by atoms with Gasteiger partial charge in [0.1, 0.15) is 85.5 Å². The second-order valence-corrected chi connectivity index (χ2v) is 27.9. The molecule has 4 saturated heterocycles. The first-order valence-electron chi connectivity index (χ1n) is 37.2. The minimum Gasteiger partial charge on any atom is -0.477 e.